The normalized spacial score (nSPS) is 16.3. The molecule has 1 saturated heterocycles. The van der Waals surface area contributed by atoms with Gasteiger partial charge in [-0.2, -0.15) is 4.31 Å². The Morgan fingerprint density at radius 3 is 2.21 bits per heavy atom. The van der Waals surface area contributed by atoms with Crippen LogP contribution in [-0.2, 0) is 14.8 Å². The minimum Gasteiger partial charge on any atom is -0.326 e. The van der Waals surface area contributed by atoms with Crippen LogP contribution in [-0.4, -0.2) is 31.7 Å². The molecule has 0 saturated carbocycles. The van der Waals surface area contributed by atoms with Crippen molar-refractivity contribution in [3.05, 3.63) is 59.7 Å². The lowest BCUT2D eigenvalue weighted by Crippen LogP contribution is -2.41. The van der Waals surface area contributed by atoms with Gasteiger partial charge in [-0.1, -0.05) is 44.2 Å². The molecule has 1 heterocycles. The van der Waals surface area contributed by atoms with Gasteiger partial charge in [-0.25, -0.2) is 8.42 Å². The Morgan fingerprint density at radius 1 is 1.04 bits per heavy atom. The average molecular weight is 401 g/mol. The molecular weight excluding hydrogens is 372 g/mol. The molecule has 150 valence electrons. The summed E-state index contributed by atoms with van der Waals surface area (Å²) in [6.07, 6.45) is 1.06. The SMILES string of the molecule is Cc1ccccc1NC(=O)C1CCN(S(=O)(=O)c2ccc(C(C)C)cc2)CC1. The number of benzene rings is 2. The monoisotopic (exact) mass is 400 g/mol. The summed E-state index contributed by atoms with van der Waals surface area (Å²) >= 11 is 0. The Hall–Kier alpha value is -2.18. The molecule has 5 nitrogen and oxygen atoms in total. The van der Waals surface area contributed by atoms with Crippen molar-refractivity contribution in [1.82, 2.24) is 4.31 Å². The van der Waals surface area contributed by atoms with Gasteiger partial charge in [-0.05, 0) is 55.0 Å². The summed E-state index contributed by atoms with van der Waals surface area (Å²) in [5.74, 6) is 0.154. The van der Waals surface area contributed by atoms with Gasteiger partial charge in [0.25, 0.3) is 0 Å². The summed E-state index contributed by atoms with van der Waals surface area (Å²) in [7, 11) is -3.52. The second-order valence-electron chi connectivity index (χ2n) is 7.71. The number of hydrogen-bond acceptors (Lipinski definition) is 3. The smallest absolute Gasteiger partial charge is 0.243 e. The van der Waals surface area contributed by atoms with Gasteiger partial charge in [-0.3, -0.25) is 4.79 Å². The average Bonchev–Trinajstić information content (AvgIpc) is 2.70. The molecule has 3 rings (SSSR count). The van der Waals surface area contributed by atoms with Crippen LogP contribution >= 0.6 is 0 Å². The predicted molar refractivity (Wildman–Crippen MR) is 112 cm³/mol. The van der Waals surface area contributed by atoms with Crippen LogP contribution in [0.1, 0.15) is 43.7 Å². The van der Waals surface area contributed by atoms with Crippen molar-refractivity contribution in [1.29, 1.82) is 0 Å². The van der Waals surface area contributed by atoms with Gasteiger partial charge in [0, 0.05) is 24.7 Å². The molecule has 0 spiro atoms. The van der Waals surface area contributed by atoms with Crippen molar-refractivity contribution >= 4 is 21.6 Å². The molecule has 0 aromatic heterocycles. The number of anilines is 1. The fraction of sp³-hybridized carbons (Fsp3) is 0.409. The fourth-order valence-electron chi connectivity index (χ4n) is 3.48. The van der Waals surface area contributed by atoms with Crippen molar-refractivity contribution in [2.45, 2.75) is 44.4 Å². The van der Waals surface area contributed by atoms with Gasteiger partial charge < -0.3 is 5.32 Å². The van der Waals surface area contributed by atoms with Gasteiger partial charge in [0.1, 0.15) is 0 Å². The van der Waals surface area contributed by atoms with Crippen LogP contribution in [0.15, 0.2) is 53.4 Å². The Bertz CT molecular complexity index is 929. The molecule has 1 aliphatic heterocycles. The second-order valence-corrected chi connectivity index (χ2v) is 9.64. The maximum Gasteiger partial charge on any atom is 0.243 e. The lowest BCUT2D eigenvalue weighted by atomic mass is 9.97. The number of rotatable bonds is 5. The molecule has 0 bridgehead atoms. The largest absolute Gasteiger partial charge is 0.326 e. The van der Waals surface area contributed by atoms with E-state index in [1.54, 1.807) is 12.1 Å². The molecule has 6 heteroatoms. The number of nitrogens with one attached hydrogen (secondary N) is 1. The van der Waals surface area contributed by atoms with E-state index in [9.17, 15) is 13.2 Å². The first kappa shape index (κ1) is 20.6. The number of sulfonamides is 1. The van der Waals surface area contributed by atoms with E-state index >= 15 is 0 Å². The van der Waals surface area contributed by atoms with Crippen LogP contribution in [0.4, 0.5) is 5.69 Å². The van der Waals surface area contributed by atoms with E-state index in [0.717, 1.165) is 16.8 Å². The minimum atomic E-state index is -3.52. The fourth-order valence-corrected chi connectivity index (χ4v) is 4.95. The summed E-state index contributed by atoms with van der Waals surface area (Å²) < 4.78 is 27.3. The van der Waals surface area contributed by atoms with Gasteiger partial charge in [0.15, 0.2) is 0 Å². The maximum absolute atomic E-state index is 12.9. The number of amides is 1. The first-order valence-electron chi connectivity index (χ1n) is 9.75. The molecule has 0 aliphatic carbocycles. The van der Waals surface area contributed by atoms with E-state index in [4.69, 9.17) is 0 Å². The van der Waals surface area contributed by atoms with E-state index in [1.807, 2.05) is 43.3 Å². The number of carbonyl (C=O) groups excluding carboxylic acids is 1. The van der Waals surface area contributed by atoms with Crippen LogP contribution < -0.4 is 5.32 Å². The van der Waals surface area contributed by atoms with E-state index < -0.39 is 10.0 Å². The molecule has 28 heavy (non-hydrogen) atoms. The van der Waals surface area contributed by atoms with E-state index in [2.05, 4.69) is 19.2 Å². The van der Waals surface area contributed by atoms with Crippen molar-refractivity contribution < 1.29 is 13.2 Å². The Balaban J connectivity index is 1.62. The molecule has 2 aromatic carbocycles. The highest BCUT2D eigenvalue weighted by Gasteiger charge is 2.32. The Kier molecular flexibility index (Phi) is 6.20. The first-order valence-corrected chi connectivity index (χ1v) is 11.2. The summed E-state index contributed by atoms with van der Waals surface area (Å²) in [5.41, 5.74) is 2.94. The third-order valence-electron chi connectivity index (χ3n) is 5.41. The lowest BCUT2D eigenvalue weighted by molar-refractivity contribution is -0.120. The van der Waals surface area contributed by atoms with Crippen LogP contribution in [0.5, 0.6) is 0 Å². The summed E-state index contributed by atoms with van der Waals surface area (Å²) in [6.45, 7) is 6.84. The number of para-hydroxylation sites is 1. The standard InChI is InChI=1S/C22H28N2O3S/c1-16(2)18-8-10-20(11-9-18)28(26,27)24-14-12-19(13-15-24)22(25)23-21-7-5-4-6-17(21)3/h4-11,16,19H,12-15H2,1-3H3,(H,23,25). The van der Waals surface area contributed by atoms with Crippen LogP contribution in [0.3, 0.4) is 0 Å². The van der Waals surface area contributed by atoms with Crippen molar-refractivity contribution in [3.63, 3.8) is 0 Å². The number of carbonyl (C=O) groups is 1. The zero-order valence-corrected chi connectivity index (χ0v) is 17.5. The number of piperidine rings is 1. The van der Waals surface area contributed by atoms with E-state index in [1.165, 1.54) is 4.31 Å². The maximum atomic E-state index is 12.9. The highest BCUT2D eigenvalue weighted by atomic mass is 32.2. The zero-order chi connectivity index (χ0) is 20.3. The third-order valence-corrected chi connectivity index (χ3v) is 7.33. The molecule has 1 aliphatic rings. The van der Waals surface area contributed by atoms with Crippen molar-refractivity contribution in [2.75, 3.05) is 18.4 Å². The quantitative estimate of drug-likeness (QED) is 0.820. The summed E-state index contributed by atoms with van der Waals surface area (Å²) in [5, 5.41) is 2.98. The van der Waals surface area contributed by atoms with Crippen molar-refractivity contribution in [3.8, 4) is 0 Å². The Labute approximate surface area is 167 Å². The summed E-state index contributed by atoms with van der Waals surface area (Å²) in [6, 6.07) is 14.8. The van der Waals surface area contributed by atoms with Crippen molar-refractivity contribution in [2.24, 2.45) is 5.92 Å². The molecule has 0 radical (unpaired) electrons. The topological polar surface area (TPSA) is 66.5 Å². The molecule has 1 fully saturated rings. The molecule has 0 unspecified atom stereocenters. The molecular formula is C22H28N2O3S. The molecule has 2 aromatic rings. The highest BCUT2D eigenvalue weighted by Crippen LogP contribution is 2.26. The first-order chi connectivity index (χ1) is 13.3. The number of nitrogens with zero attached hydrogens (tertiary/aromatic N) is 1. The molecule has 1 N–H and O–H groups in total. The minimum absolute atomic E-state index is 0.0346. The van der Waals surface area contributed by atoms with Crippen LogP contribution in [0.2, 0.25) is 0 Å². The van der Waals surface area contributed by atoms with Gasteiger partial charge in [0.05, 0.1) is 4.90 Å². The third kappa shape index (κ3) is 4.45. The van der Waals surface area contributed by atoms with Crippen LogP contribution in [0, 0.1) is 12.8 Å². The lowest BCUT2D eigenvalue weighted by Gasteiger charge is -2.30. The summed E-state index contributed by atoms with van der Waals surface area (Å²) in [4.78, 5) is 12.9. The van der Waals surface area contributed by atoms with Gasteiger partial charge in [0.2, 0.25) is 15.9 Å². The molecule has 1 amide bonds. The Morgan fingerprint density at radius 2 is 1.64 bits per heavy atom. The highest BCUT2D eigenvalue weighted by molar-refractivity contribution is 7.89. The van der Waals surface area contributed by atoms with Crippen LogP contribution in [0.25, 0.3) is 0 Å². The predicted octanol–water partition coefficient (Wildman–Crippen LogP) is 4.16. The number of aryl methyl sites for hydroxylation is 1. The van der Waals surface area contributed by atoms with Gasteiger partial charge in [-0.15, -0.1) is 0 Å². The van der Waals surface area contributed by atoms with E-state index in [-0.39, 0.29) is 11.8 Å². The zero-order valence-electron chi connectivity index (χ0n) is 16.7. The van der Waals surface area contributed by atoms with Gasteiger partial charge >= 0.3 is 0 Å². The number of hydrogen-bond donors (Lipinski definition) is 1. The second kappa shape index (κ2) is 8.45. The molecule has 0 atom stereocenters. The van der Waals surface area contributed by atoms with E-state index in [0.29, 0.717) is 36.7 Å².